The molecule has 7 heteroatoms. The first-order valence-corrected chi connectivity index (χ1v) is 8.07. The van der Waals surface area contributed by atoms with Gasteiger partial charge in [-0.05, 0) is 63.0 Å². The van der Waals surface area contributed by atoms with Gasteiger partial charge >= 0.3 is 0 Å². The summed E-state index contributed by atoms with van der Waals surface area (Å²) in [5.41, 5.74) is 2.07. The SMILES string of the molecule is Cc1ccc(NC(=O)COc2ccc(F)cc2)cc1NC(=O)CN(C)C. The number of benzene rings is 2. The maximum atomic E-state index is 12.8. The van der Waals surface area contributed by atoms with E-state index in [1.54, 1.807) is 17.0 Å². The summed E-state index contributed by atoms with van der Waals surface area (Å²) in [7, 11) is 3.62. The molecule has 2 rings (SSSR count). The number of ether oxygens (including phenoxy) is 1. The Balaban J connectivity index is 1.93. The van der Waals surface area contributed by atoms with Crippen molar-refractivity contribution in [3.05, 3.63) is 53.8 Å². The van der Waals surface area contributed by atoms with Gasteiger partial charge in [0.2, 0.25) is 5.91 Å². The summed E-state index contributed by atoms with van der Waals surface area (Å²) in [6.07, 6.45) is 0. The standard InChI is InChI=1S/C19H22FN3O3/c1-13-4-7-15(10-17(13)22-18(24)11-23(2)3)21-19(25)12-26-16-8-5-14(20)6-9-16/h4-10H,11-12H2,1-3H3,(H,21,25)(H,22,24). The van der Waals surface area contributed by atoms with Crippen molar-refractivity contribution in [1.82, 2.24) is 4.90 Å². The van der Waals surface area contributed by atoms with Gasteiger partial charge in [-0.3, -0.25) is 9.59 Å². The minimum Gasteiger partial charge on any atom is -0.484 e. The summed E-state index contributed by atoms with van der Waals surface area (Å²) in [6, 6.07) is 10.7. The molecule has 0 atom stereocenters. The minimum absolute atomic E-state index is 0.138. The Morgan fingerprint density at radius 1 is 1.04 bits per heavy atom. The van der Waals surface area contributed by atoms with E-state index in [0.717, 1.165) is 5.56 Å². The average molecular weight is 359 g/mol. The molecule has 2 aromatic carbocycles. The number of carbonyl (C=O) groups is 2. The van der Waals surface area contributed by atoms with Gasteiger partial charge in [-0.1, -0.05) is 6.07 Å². The molecule has 0 saturated heterocycles. The van der Waals surface area contributed by atoms with Crippen molar-refractivity contribution in [2.45, 2.75) is 6.92 Å². The van der Waals surface area contributed by atoms with Crippen LogP contribution in [-0.2, 0) is 9.59 Å². The Morgan fingerprint density at radius 2 is 1.73 bits per heavy atom. The fourth-order valence-electron chi connectivity index (χ4n) is 2.19. The zero-order chi connectivity index (χ0) is 19.1. The van der Waals surface area contributed by atoms with Gasteiger partial charge in [-0.15, -0.1) is 0 Å². The van der Waals surface area contributed by atoms with Crippen LogP contribution in [0.25, 0.3) is 0 Å². The van der Waals surface area contributed by atoms with Crippen LogP contribution in [0.1, 0.15) is 5.56 Å². The van der Waals surface area contributed by atoms with Crippen LogP contribution in [0, 0.1) is 12.7 Å². The lowest BCUT2D eigenvalue weighted by atomic mass is 10.1. The van der Waals surface area contributed by atoms with Gasteiger partial charge in [0.25, 0.3) is 5.91 Å². The summed E-state index contributed by atoms with van der Waals surface area (Å²) < 4.78 is 18.1. The molecule has 2 N–H and O–H groups in total. The third-order valence-electron chi connectivity index (χ3n) is 3.44. The van der Waals surface area contributed by atoms with E-state index in [-0.39, 0.29) is 30.8 Å². The highest BCUT2D eigenvalue weighted by Gasteiger charge is 2.09. The van der Waals surface area contributed by atoms with Crippen LogP contribution in [0.2, 0.25) is 0 Å². The van der Waals surface area contributed by atoms with Gasteiger partial charge in [-0.2, -0.15) is 0 Å². The molecule has 6 nitrogen and oxygen atoms in total. The van der Waals surface area contributed by atoms with E-state index in [2.05, 4.69) is 10.6 Å². The number of carbonyl (C=O) groups excluding carboxylic acids is 2. The van der Waals surface area contributed by atoms with Crippen molar-refractivity contribution >= 4 is 23.2 Å². The van der Waals surface area contributed by atoms with Crippen molar-refractivity contribution in [2.24, 2.45) is 0 Å². The fraction of sp³-hybridized carbons (Fsp3) is 0.263. The van der Waals surface area contributed by atoms with Crippen molar-refractivity contribution < 1.29 is 18.7 Å². The molecule has 0 heterocycles. The number of amides is 2. The molecule has 2 amide bonds. The predicted octanol–water partition coefficient (Wildman–Crippen LogP) is 2.65. The third kappa shape index (κ3) is 6.18. The molecule has 0 saturated carbocycles. The second-order valence-electron chi connectivity index (χ2n) is 6.11. The van der Waals surface area contributed by atoms with Crippen molar-refractivity contribution in [3.8, 4) is 5.75 Å². The van der Waals surface area contributed by atoms with Crippen molar-refractivity contribution in [3.63, 3.8) is 0 Å². The molecule has 0 spiro atoms. The van der Waals surface area contributed by atoms with E-state index in [4.69, 9.17) is 4.74 Å². The number of aryl methyl sites for hydroxylation is 1. The Labute approximate surface area is 152 Å². The van der Waals surface area contributed by atoms with Gasteiger partial charge in [0.1, 0.15) is 11.6 Å². The smallest absolute Gasteiger partial charge is 0.262 e. The number of rotatable bonds is 7. The lowest BCUT2D eigenvalue weighted by molar-refractivity contribution is -0.118. The number of hydrogen-bond acceptors (Lipinski definition) is 4. The number of likely N-dealkylation sites (N-methyl/N-ethyl adjacent to an activating group) is 1. The van der Waals surface area contributed by atoms with Crippen LogP contribution in [-0.4, -0.2) is 44.0 Å². The first-order valence-electron chi connectivity index (χ1n) is 8.07. The van der Waals surface area contributed by atoms with E-state index in [1.165, 1.54) is 24.3 Å². The molecule has 0 aliphatic carbocycles. The Hall–Kier alpha value is -2.93. The summed E-state index contributed by atoms with van der Waals surface area (Å²) in [4.78, 5) is 25.7. The zero-order valence-corrected chi connectivity index (χ0v) is 15.0. The van der Waals surface area contributed by atoms with Crippen LogP contribution in [0.5, 0.6) is 5.75 Å². The van der Waals surface area contributed by atoms with Gasteiger partial charge in [0.05, 0.1) is 6.54 Å². The van der Waals surface area contributed by atoms with Crippen molar-refractivity contribution in [1.29, 1.82) is 0 Å². The third-order valence-corrected chi connectivity index (χ3v) is 3.44. The summed E-state index contributed by atoms with van der Waals surface area (Å²) in [5, 5.41) is 5.53. The largest absolute Gasteiger partial charge is 0.484 e. The first kappa shape index (κ1) is 19.4. The lowest BCUT2D eigenvalue weighted by Gasteiger charge is -2.14. The van der Waals surface area contributed by atoms with Gasteiger partial charge < -0.3 is 20.3 Å². The van der Waals surface area contributed by atoms with Crippen LogP contribution >= 0.6 is 0 Å². The maximum Gasteiger partial charge on any atom is 0.262 e. The summed E-state index contributed by atoms with van der Waals surface area (Å²) in [5.74, 6) is -0.461. The molecule has 0 aliphatic heterocycles. The molecular formula is C19H22FN3O3. The predicted molar refractivity (Wildman–Crippen MR) is 98.9 cm³/mol. The highest BCUT2D eigenvalue weighted by Crippen LogP contribution is 2.20. The molecule has 0 aliphatic rings. The van der Waals surface area contributed by atoms with Gasteiger partial charge in [-0.25, -0.2) is 4.39 Å². The van der Waals surface area contributed by atoms with Crippen LogP contribution in [0.3, 0.4) is 0 Å². The lowest BCUT2D eigenvalue weighted by Crippen LogP contribution is -2.27. The molecule has 0 unspecified atom stereocenters. The highest BCUT2D eigenvalue weighted by molar-refractivity contribution is 5.95. The zero-order valence-electron chi connectivity index (χ0n) is 15.0. The van der Waals surface area contributed by atoms with E-state index in [1.807, 2.05) is 27.1 Å². The van der Waals surface area contributed by atoms with Crippen LogP contribution in [0.4, 0.5) is 15.8 Å². The van der Waals surface area contributed by atoms with E-state index in [9.17, 15) is 14.0 Å². The van der Waals surface area contributed by atoms with Crippen LogP contribution in [0.15, 0.2) is 42.5 Å². The minimum atomic E-state index is -0.370. The molecule has 0 fully saturated rings. The number of anilines is 2. The van der Waals surface area contributed by atoms with E-state index in [0.29, 0.717) is 17.1 Å². The number of hydrogen-bond donors (Lipinski definition) is 2. The Morgan fingerprint density at radius 3 is 2.38 bits per heavy atom. The molecule has 26 heavy (non-hydrogen) atoms. The van der Waals surface area contributed by atoms with Gasteiger partial charge in [0.15, 0.2) is 6.61 Å². The molecule has 0 bridgehead atoms. The van der Waals surface area contributed by atoms with Crippen LogP contribution < -0.4 is 15.4 Å². The van der Waals surface area contributed by atoms with E-state index < -0.39 is 0 Å². The molecule has 0 aromatic heterocycles. The normalized spacial score (nSPS) is 10.5. The molecule has 2 aromatic rings. The Bertz CT molecular complexity index is 776. The maximum absolute atomic E-state index is 12.8. The quantitative estimate of drug-likeness (QED) is 0.797. The molecule has 138 valence electrons. The summed E-state index contributed by atoms with van der Waals surface area (Å²) in [6.45, 7) is 1.93. The summed E-state index contributed by atoms with van der Waals surface area (Å²) >= 11 is 0. The average Bonchev–Trinajstić information content (AvgIpc) is 2.56. The molecular weight excluding hydrogens is 337 g/mol. The van der Waals surface area contributed by atoms with Crippen molar-refractivity contribution in [2.75, 3.05) is 37.9 Å². The second kappa shape index (κ2) is 8.96. The molecule has 0 radical (unpaired) electrons. The number of nitrogens with zero attached hydrogens (tertiary/aromatic N) is 1. The highest BCUT2D eigenvalue weighted by atomic mass is 19.1. The fourth-order valence-corrected chi connectivity index (χ4v) is 2.19. The van der Waals surface area contributed by atoms with Gasteiger partial charge in [0, 0.05) is 11.4 Å². The second-order valence-corrected chi connectivity index (χ2v) is 6.11. The Kier molecular flexibility index (Phi) is 6.68. The number of halogens is 1. The monoisotopic (exact) mass is 359 g/mol. The number of nitrogens with one attached hydrogen (secondary N) is 2. The topological polar surface area (TPSA) is 70.7 Å². The first-order chi connectivity index (χ1) is 12.3. The van der Waals surface area contributed by atoms with E-state index >= 15 is 0 Å².